The van der Waals surface area contributed by atoms with Gasteiger partial charge in [0.25, 0.3) is 0 Å². The van der Waals surface area contributed by atoms with E-state index >= 15 is 0 Å². The van der Waals surface area contributed by atoms with E-state index in [1.807, 2.05) is 0 Å². The van der Waals surface area contributed by atoms with Gasteiger partial charge in [0.15, 0.2) is 0 Å². The summed E-state index contributed by atoms with van der Waals surface area (Å²) in [6.07, 6.45) is 0.626. The molecule has 100 valence electrons. The van der Waals surface area contributed by atoms with Crippen molar-refractivity contribution < 1.29 is 9.90 Å². The van der Waals surface area contributed by atoms with Gasteiger partial charge in [0, 0.05) is 6.54 Å². The Morgan fingerprint density at radius 1 is 1.28 bits per heavy atom. The molecule has 0 fully saturated rings. The van der Waals surface area contributed by atoms with Crippen LogP contribution in [0.1, 0.15) is 37.3 Å². The van der Waals surface area contributed by atoms with Gasteiger partial charge in [-0.3, -0.25) is 4.79 Å². The van der Waals surface area contributed by atoms with E-state index in [0.717, 1.165) is 0 Å². The van der Waals surface area contributed by atoms with Crippen LogP contribution in [0.25, 0.3) is 0 Å². The molecule has 3 unspecified atom stereocenters. The van der Waals surface area contributed by atoms with Gasteiger partial charge in [-0.25, -0.2) is 0 Å². The standard InChI is InChI=1S/C15H23NO2/c1-10-4-6-13(7-5-10)12(3)11(2)8-14(9-16)15(17)18/h4-7,11-12,14H,8-9,16H2,1-3H3,(H,17,18). The minimum atomic E-state index is -0.791. The number of nitrogens with two attached hydrogens (primary N) is 1. The zero-order valence-corrected chi connectivity index (χ0v) is 11.4. The molecule has 0 aliphatic heterocycles. The van der Waals surface area contributed by atoms with Crippen molar-refractivity contribution in [3.05, 3.63) is 35.4 Å². The molecule has 3 N–H and O–H groups in total. The predicted molar refractivity (Wildman–Crippen MR) is 73.6 cm³/mol. The van der Waals surface area contributed by atoms with Crippen LogP contribution in [0.4, 0.5) is 0 Å². The summed E-state index contributed by atoms with van der Waals surface area (Å²) in [4.78, 5) is 11.0. The molecule has 0 saturated carbocycles. The largest absolute Gasteiger partial charge is 0.481 e. The Labute approximate surface area is 109 Å². The quantitative estimate of drug-likeness (QED) is 0.815. The molecular formula is C15H23NO2. The van der Waals surface area contributed by atoms with Crippen LogP contribution >= 0.6 is 0 Å². The van der Waals surface area contributed by atoms with Crippen LogP contribution in [0.2, 0.25) is 0 Å². The highest BCUT2D eigenvalue weighted by Crippen LogP contribution is 2.29. The van der Waals surface area contributed by atoms with Crippen LogP contribution in [0.15, 0.2) is 24.3 Å². The summed E-state index contributed by atoms with van der Waals surface area (Å²) in [6.45, 7) is 6.51. The summed E-state index contributed by atoms with van der Waals surface area (Å²) < 4.78 is 0. The average Bonchev–Trinajstić information content (AvgIpc) is 2.35. The molecule has 0 saturated heterocycles. The van der Waals surface area contributed by atoms with Gasteiger partial charge in [-0.05, 0) is 30.7 Å². The zero-order chi connectivity index (χ0) is 13.7. The van der Waals surface area contributed by atoms with Gasteiger partial charge in [0.05, 0.1) is 5.92 Å². The molecule has 0 spiro atoms. The van der Waals surface area contributed by atoms with E-state index in [1.54, 1.807) is 0 Å². The third kappa shape index (κ3) is 3.84. The van der Waals surface area contributed by atoms with E-state index in [2.05, 4.69) is 45.0 Å². The minimum Gasteiger partial charge on any atom is -0.481 e. The first-order valence-corrected chi connectivity index (χ1v) is 6.45. The molecule has 1 rings (SSSR count). The number of rotatable bonds is 6. The molecule has 3 nitrogen and oxygen atoms in total. The Kier molecular flexibility index (Phi) is 5.35. The van der Waals surface area contributed by atoms with E-state index in [0.29, 0.717) is 18.3 Å². The average molecular weight is 249 g/mol. The third-order valence-corrected chi connectivity index (χ3v) is 3.75. The molecule has 0 bridgehead atoms. The Hall–Kier alpha value is -1.35. The maximum Gasteiger partial charge on any atom is 0.307 e. The van der Waals surface area contributed by atoms with Gasteiger partial charge in [0.2, 0.25) is 0 Å². The molecule has 0 aromatic heterocycles. The van der Waals surface area contributed by atoms with E-state index in [9.17, 15) is 4.79 Å². The lowest BCUT2D eigenvalue weighted by Crippen LogP contribution is -2.26. The van der Waals surface area contributed by atoms with Crippen LogP contribution in [-0.4, -0.2) is 17.6 Å². The second kappa shape index (κ2) is 6.55. The Bertz CT molecular complexity index is 386. The smallest absolute Gasteiger partial charge is 0.307 e. The third-order valence-electron chi connectivity index (χ3n) is 3.75. The summed E-state index contributed by atoms with van der Waals surface area (Å²) in [5.41, 5.74) is 8.00. The van der Waals surface area contributed by atoms with E-state index < -0.39 is 11.9 Å². The lowest BCUT2D eigenvalue weighted by molar-refractivity contribution is -0.142. The topological polar surface area (TPSA) is 63.3 Å². The van der Waals surface area contributed by atoms with Gasteiger partial charge in [-0.1, -0.05) is 43.7 Å². The van der Waals surface area contributed by atoms with Crippen LogP contribution in [0.5, 0.6) is 0 Å². The maximum absolute atomic E-state index is 11.0. The zero-order valence-electron chi connectivity index (χ0n) is 11.4. The fraction of sp³-hybridized carbons (Fsp3) is 0.533. The van der Waals surface area contributed by atoms with E-state index in [-0.39, 0.29) is 6.54 Å². The van der Waals surface area contributed by atoms with Gasteiger partial charge in [-0.2, -0.15) is 0 Å². The first-order chi connectivity index (χ1) is 8.45. The lowest BCUT2D eigenvalue weighted by atomic mass is 9.82. The van der Waals surface area contributed by atoms with Crippen molar-refractivity contribution in [3.8, 4) is 0 Å². The second-order valence-corrected chi connectivity index (χ2v) is 5.18. The summed E-state index contributed by atoms with van der Waals surface area (Å²) >= 11 is 0. The summed E-state index contributed by atoms with van der Waals surface area (Å²) in [6, 6.07) is 8.43. The maximum atomic E-state index is 11.0. The molecule has 0 heterocycles. The normalized spacial score (nSPS) is 16.0. The van der Waals surface area contributed by atoms with E-state index in [4.69, 9.17) is 10.8 Å². The van der Waals surface area contributed by atoms with Crippen LogP contribution in [0.3, 0.4) is 0 Å². The molecule has 0 radical (unpaired) electrons. The molecule has 3 heteroatoms. The number of carbonyl (C=O) groups is 1. The molecule has 3 atom stereocenters. The fourth-order valence-corrected chi connectivity index (χ4v) is 2.15. The van der Waals surface area contributed by atoms with Crippen LogP contribution < -0.4 is 5.73 Å². The number of benzene rings is 1. The van der Waals surface area contributed by atoms with Gasteiger partial charge < -0.3 is 10.8 Å². The van der Waals surface area contributed by atoms with Crippen molar-refractivity contribution in [2.75, 3.05) is 6.54 Å². The highest BCUT2D eigenvalue weighted by Gasteiger charge is 2.22. The van der Waals surface area contributed by atoms with E-state index in [1.165, 1.54) is 11.1 Å². The molecule has 0 amide bonds. The van der Waals surface area contributed by atoms with Crippen molar-refractivity contribution in [3.63, 3.8) is 0 Å². The molecule has 1 aromatic carbocycles. The highest BCUT2D eigenvalue weighted by molar-refractivity contribution is 5.70. The molecule has 1 aromatic rings. The first-order valence-electron chi connectivity index (χ1n) is 6.45. The minimum absolute atomic E-state index is 0.209. The van der Waals surface area contributed by atoms with Crippen molar-refractivity contribution in [2.45, 2.75) is 33.1 Å². The lowest BCUT2D eigenvalue weighted by Gasteiger charge is -2.23. The fourth-order valence-electron chi connectivity index (χ4n) is 2.15. The predicted octanol–water partition coefficient (Wildman–Crippen LogP) is 2.78. The summed E-state index contributed by atoms with van der Waals surface area (Å²) in [7, 11) is 0. The SMILES string of the molecule is Cc1ccc(C(C)C(C)CC(CN)C(=O)O)cc1. The number of hydrogen-bond acceptors (Lipinski definition) is 2. The number of aryl methyl sites for hydroxylation is 1. The highest BCUT2D eigenvalue weighted by atomic mass is 16.4. The van der Waals surface area contributed by atoms with Crippen molar-refractivity contribution >= 4 is 5.97 Å². The molecule has 0 aliphatic rings. The number of carboxylic acid groups (broad SMARTS) is 1. The molecule has 18 heavy (non-hydrogen) atoms. The van der Waals surface area contributed by atoms with Crippen molar-refractivity contribution in [1.82, 2.24) is 0 Å². The van der Waals surface area contributed by atoms with Gasteiger partial charge in [0.1, 0.15) is 0 Å². The Balaban J connectivity index is 2.68. The second-order valence-electron chi connectivity index (χ2n) is 5.18. The number of hydrogen-bond donors (Lipinski definition) is 2. The van der Waals surface area contributed by atoms with Gasteiger partial charge in [-0.15, -0.1) is 0 Å². The Morgan fingerprint density at radius 3 is 2.28 bits per heavy atom. The summed E-state index contributed by atoms with van der Waals surface area (Å²) in [5.74, 6) is -0.579. The Morgan fingerprint density at radius 2 is 1.83 bits per heavy atom. The van der Waals surface area contributed by atoms with Crippen molar-refractivity contribution in [2.24, 2.45) is 17.6 Å². The monoisotopic (exact) mass is 249 g/mol. The van der Waals surface area contributed by atoms with Gasteiger partial charge >= 0.3 is 5.97 Å². The van der Waals surface area contributed by atoms with Crippen LogP contribution in [0, 0.1) is 18.8 Å². The molecular weight excluding hydrogens is 226 g/mol. The number of carboxylic acids is 1. The van der Waals surface area contributed by atoms with Crippen molar-refractivity contribution in [1.29, 1.82) is 0 Å². The van der Waals surface area contributed by atoms with Crippen LogP contribution in [-0.2, 0) is 4.79 Å². The number of aliphatic carboxylic acids is 1. The summed E-state index contributed by atoms with van der Waals surface area (Å²) in [5, 5.41) is 9.03. The first kappa shape index (κ1) is 14.7. The molecule has 0 aliphatic carbocycles.